The van der Waals surface area contributed by atoms with Crippen LogP contribution in [0.4, 0.5) is 17.5 Å². The van der Waals surface area contributed by atoms with Gasteiger partial charge in [-0.05, 0) is 12.1 Å². The Morgan fingerprint density at radius 2 is 2.05 bits per heavy atom. The van der Waals surface area contributed by atoms with Crippen LogP contribution in [0.25, 0.3) is 0 Å². The largest absolute Gasteiger partial charge is 0.497 e. The maximum absolute atomic E-state index is 5.76. The van der Waals surface area contributed by atoms with Gasteiger partial charge in [-0.2, -0.15) is 4.98 Å². The molecule has 0 bridgehead atoms. The van der Waals surface area contributed by atoms with Crippen LogP contribution in [0.2, 0.25) is 5.02 Å². The summed E-state index contributed by atoms with van der Waals surface area (Å²) < 4.78 is 10.4. The summed E-state index contributed by atoms with van der Waals surface area (Å²) >= 11 is 5.76. The molecule has 0 aliphatic carbocycles. The average Bonchev–Trinajstić information content (AvgIpc) is 2.43. The number of aromatic nitrogens is 2. The molecule has 0 amide bonds. The third-order valence-corrected chi connectivity index (χ3v) is 2.72. The fourth-order valence-corrected chi connectivity index (χ4v) is 1.55. The van der Waals surface area contributed by atoms with E-state index in [1.54, 1.807) is 32.4 Å². The van der Waals surface area contributed by atoms with E-state index >= 15 is 0 Å². The lowest BCUT2D eigenvalue weighted by Gasteiger charge is -2.11. The molecule has 0 atom stereocenters. The predicted molar refractivity (Wildman–Crippen MR) is 74.3 cm³/mol. The third-order valence-electron chi connectivity index (χ3n) is 2.43. The molecule has 0 fully saturated rings. The molecule has 1 aromatic heterocycles. The van der Waals surface area contributed by atoms with Crippen molar-refractivity contribution in [3.8, 4) is 11.5 Å². The van der Waals surface area contributed by atoms with Gasteiger partial charge in [-0.1, -0.05) is 11.6 Å². The topological polar surface area (TPSA) is 82.3 Å². The molecule has 3 N–H and O–H groups in total. The first-order chi connectivity index (χ1) is 9.13. The van der Waals surface area contributed by atoms with E-state index in [-0.39, 0.29) is 5.82 Å². The molecule has 6 nitrogen and oxygen atoms in total. The highest BCUT2D eigenvalue weighted by molar-refractivity contribution is 6.32. The number of ether oxygens (including phenoxy) is 2. The van der Waals surface area contributed by atoms with Crippen LogP contribution in [0.5, 0.6) is 11.5 Å². The minimum atomic E-state index is 0.214. The summed E-state index contributed by atoms with van der Waals surface area (Å²) in [5, 5.41) is 3.31. The number of hydrogen-bond acceptors (Lipinski definition) is 6. The van der Waals surface area contributed by atoms with Gasteiger partial charge >= 0.3 is 0 Å². The van der Waals surface area contributed by atoms with E-state index in [9.17, 15) is 0 Å². The molecule has 0 spiro atoms. The lowest BCUT2D eigenvalue weighted by atomic mass is 10.2. The standard InChI is InChI=1S/C12H13ClN4O2/c1-18-7-3-4-9(10(5-7)19-2)16-12-15-6-8(13)11(14)17-12/h3-6H,1-2H3,(H3,14,15,16,17). The number of benzene rings is 1. The summed E-state index contributed by atoms with van der Waals surface area (Å²) in [5.74, 6) is 1.85. The Morgan fingerprint density at radius 1 is 1.26 bits per heavy atom. The van der Waals surface area contributed by atoms with Gasteiger partial charge in [0.15, 0.2) is 0 Å². The lowest BCUT2D eigenvalue weighted by molar-refractivity contribution is 0.395. The fourth-order valence-electron chi connectivity index (χ4n) is 1.46. The second kappa shape index (κ2) is 5.62. The number of nitrogen functional groups attached to an aromatic ring is 1. The van der Waals surface area contributed by atoms with Gasteiger partial charge in [0.1, 0.15) is 22.3 Å². The first-order valence-corrected chi connectivity index (χ1v) is 5.79. The molecule has 2 aromatic rings. The number of methoxy groups -OCH3 is 2. The molecule has 0 saturated carbocycles. The highest BCUT2D eigenvalue weighted by Crippen LogP contribution is 2.31. The van der Waals surface area contributed by atoms with Crippen LogP contribution in [-0.4, -0.2) is 24.2 Å². The van der Waals surface area contributed by atoms with Crippen LogP contribution in [0, 0.1) is 0 Å². The van der Waals surface area contributed by atoms with Gasteiger partial charge in [-0.25, -0.2) is 4.98 Å². The van der Waals surface area contributed by atoms with Gasteiger partial charge in [0, 0.05) is 6.07 Å². The van der Waals surface area contributed by atoms with E-state index in [1.807, 2.05) is 0 Å². The maximum atomic E-state index is 5.76. The van der Waals surface area contributed by atoms with Crippen molar-refractivity contribution in [2.45, 2.75) is 0 Å². The zero-order valence-electron chi connectivity index (χ0n) is 10.5. The van der Waals surface area contributed by atoms with Gasteiger partial charge < -0.3 is 20.5 Å². The van der Waals surface area contributed by atoms with Gasteiger partial charge in [-0.3, -0.25) is 0 Å². The van der Waals surface area contributed by atoms with Crippen LogP contribution in [0.1, 0.15) is 0 Å². The Labute approximate surface area is 115 Å². The van der Waals surface area contributed by atoms with Crippen molar-refractivity contribution in [3.63, 3.8) is 0 Å². The van der Waals surface area contributed by atoms with Crippen molar-refractivity contribution in [1.29, 1.82) is 0 Å². The molecule has 19 heavy (non-hydrogen) atoms. The first-order valence-electron chi connectivity index (χ1n) is 5.41. The number of halogens is 1. The second-order valence-electron chi connectivity index (χ2n) is 3.62. The third kappa shape index (κ3) is 2.97. The van der Waals surface area contributed by atoms with Gasteiger partial charge in [0.25, 0.3) is 0 Å². The summed E-state index contributed by atoms with van der Waals surface area (Å²) in [6, 6.07) is 5.34. The number of rotatable bonds is 4. The minimum absolute atomic E-state index is 0.214. The molecule has 0 aliphatic heterocycles. The first kappa shape index (κ1) is 13.2. The number of nitrogens with one attached hydrogen (secondary N) is 1. The molecule has 0 saturated heterocycles. The van der Waals surface area contributed by atoms with Crippen molar-refractivity contribution < 1.29 is 9.47 Å². The van der Waals surface area contributed by atoms with Crippen molar-refractivity contribution in [1.82, 2.24) is 9.97 Å². The van der Waals surface area contributed by atoms with Crippen molar-refractivity contribution in [3.05, 3.63) is 29.4 Å². The van der Waals surface area contributed by atoms with Crippen molar-refractivity contribution in [2.24, 2.45) is 0 Å². The van der Waals surface area contributed by atoms with E-state index in [0.29, 0.717) is 28.2 Å². The van der Waals surface area contributed by atoms with Gasteiger partial charge in [-0.15, -0.1) is 0 Å². The van der Waals surface area contributed by atoms with Crippen LogP contribution in [0.3, 0.4) is 0 Å². The lowest BCUT2D eigenvalue weighted by Crippen LogP contribution is -2.02. The molecule has 1 heterocycles. The zero-order chi connectivity index (χ0) is 13.8. The quantitative estimate of drug-likeness (QED) is 0.895. The summed E-state index contributed by atoms with van der Waals surface area (Å²) in [5.41, 5.74) is 6.32. The average molecular weight is 281 g/mol. The smallest absolute Gasteiger partial charge is 0.229 e. The van der Waals surface area contributed by atoms with E-state index in [2.05, 4.69) is 15.3 Å². The number of anilines is 3. The van der Waals surface area contributed by atoms with Crippen LogP contribution in [-0.2, 0) is 0 Å². The minimum Gasteiger partial charge on any atom is -0.497 e. The number of hydrogen-bond donors (Lipinski definition) is 2. The Kier molecular flexibility index (Phi) is 3.91. The van der Waals surface area contributed by atoms with E-state index in [4.69, 9.17) is 26.8 Å². The molecule has 0 unspecified atom stereocenters. The van der Waals surface area contributed by atoms with Gasteiger partial charge in [0.05, 0.1) is 26.1 Å². The zero-order valence-corrected chi connectivity index (χ0v) is 11.2. The summed E-state index contributed by atoms with van der Waals surface area (Å²) in [6.45, 7) is 0. The van der Waals surface area contributed by atoms with E-state index in [1.165, 1.54) is 6.20 Å². The normalized spacial score (nSPS) is 10.1. The predicted octanol–water partition coefficient (Wildman–Crippen LogP) is 2.47. The second-order valence-corrected chi connectivity index (χ2v) is 4.03. The van der Waals surface area contributed by atoms with Crippen molar-refractivity contribution in [2.75, 3.05) is 25.3 Å². The molecule has 0 aliphatic rings. The fraction of sp³-hybridized carbons (Fsp3) is 0.167. The Morgan fingerprint density at radius 3 is 2.68 bits per heavy atom. The van der Waals surface area contributed by atoms with Crippen LogP contribution >= 0.6 is 11.6 Å². The van der Waals surface area contributed by atoms with E-state index < -0.39 is 0 Å². The molecular weight excluding hydrogens is 268 g/mol. The Bertz CT molecular complexity index is 592. The molecule has 7 heteroatoms. The number of nitrogens with zero attached hydrogens (tertiary/aromatic N) is 2. The van der Waals surface area contributed by atoms with Gasteiger partial charge in [0.2, 0.25) is 5.95 Å². The molecule has 2 rings (SSSR count). The molecule has 100 valence electrons. The molecule has 1 aromatic carbocycles. The van der Waals surface area contributed by atoms with E-state index in [0.717, 1.165) is 0 Å². The molecular formula is C12H13ClN4O2. The summed E-state index contributed by atoms with van der Waals surface area (Å²) in [4.78, 5) is 8.05. The highest BCUT2D eigenvalue weighted by atomic mass is 35.5. The Balaban J connectivity index is 2.29. The number of nitrogens with two attached hydrogens (primary N) is 1. The maximum Gasteiger partial charge on any atom is 0.229 e. The summed E-state index contributed by atoms with van der Waals surface area (Å²) in [6.07, 6.45) is 1.43. The molecule has 0 radical (unpaired) electrons. The Hall–Kier alpha value is -2.21. The van der Waals surface area contributed by atoms with Crippen molar-refractivity contribution >= 4 is 29.1 Å². The monoisotopic (exact) mass is 280 g/mol. The van der Waals surface area contributed by atoms with Crippen LogP contribution < -0.4 is 20.5 Å². The SMILES string of the molecule is COc1ccc(Nc2ncc(Cl)c(N)n2)c(OC)c1. The van der Waals surface area contributed by atoms with Crippen LogP contribution in [0.15, 0.2) is 24.4 Å². The summed E-state index contributed by atoms with van der Waals surface area (Å²) in [7, 11) is 3.15. The highest BCUT2D eigenvalue weighted by Gasteiger charge is 2.08.